The van der Waals surface area contributed by atoms with Gasteiger partial charge in [0, 0.05) is 0 Å². The zero-order valence-corrected chi connectivity index (χ0v) is 8.45. The van der Waals surface area contributed by atoms with Gasteiger partial charge in [0.05, 0.1) is 0 Å². The molecule has 1 heterocycles. The van der Waals surface area contributed by atoms with E-state index in [-0.39, 0.29) is 22.5 Å². The minimum absolute atomic E-state index is 0.132. The molecule has 9 nitrogen and oxygen atoms in total. The van der Waals surface area contributed by atoms with Crippen LogP contribution in [0.3, 0.4) is 0 Å². The number of nitrogens with zero attached hydrogens (tertiary/aromatic N) is 3. The minimum atomic E-state index is -1.15. The van der Waals surface area contributed by atoms with E-state index in [4.69, 9.17) is 28.6 Å². The number of anilines is 2. The van der Waals surface area contributed by atoms with E-state index in [0.29, 0.717) is 0 Å². The summed E-state index contributed by atoms with van der Waals surface area (Å²) in [5.41, 5.74) is 16.6. The number of carbonyl (C=O) groups excluding carboxylic acids is 2. The van der Waals surface area contributed by atoms with Gasteiger partial charge in [0.1, 0.15) is 0 Å². The van der Waals surface area contributed by atoms with E-state index in [9.17, 15) is 9.59 Å². The Balaban J connectivity index is 3.04. The first kappa shape index (κ1) is 11.8. The molecule has 10 heteroatoms. The third kappa shape index (κ3) is 2.39. The second-order valence-electron chi connectivity index (χ2n) is 2.50. The van der Waals surface area contributed by atoms with Crippen LogP contribution in [-0.4, -0.2) is 21.9 Å². The fourth-order valence-electron chi connectivity index (χ4n) is 0.793. The number of halogens is 1. The lowest BCUT2D eigenvalue weighted by molar-refractivity contribution is 0.0961. The van der Waals surface area contributed by atoms with Crippen molar-refractivity contribution in [2.75, 3.05) is 11.5 Å². The van der Waals surface area contributed by atoms with Crippen molar-refractivity contribution in [2.24, 2.45) is 5.11 Å². The highest BCUT2D eigenvalue weighted by molar-refractivity contribution is 6.31. The molecule has 0 aliphatic carbocycles. The largest absolute Gasteiger partial charge is 0.382 e. The highest BCUT2D eigenvalue weighted by Gasteiger charge is 2.17. The molecule has 1 rings (SSSR count). The Bertz CT molecular complexity index is 474. The van der Waals surface area contributed by atoms with Crippen LogP contribution in [0.4, 0.5) is 16.4 Å². The molecule has 6 N–H and O–H groups in total. The quantitative estimate of drug-likeness (QED) is 0.514. The van der Waals surface area contributed by atoms with E-state index in [1.807, 2.05) is 0 Å². The summed E-state index contributed by atoms with van der Waals surface area (Å²) in [6.45, 7) is 0. The van der Waals surface area contributed by atoms with Crippen LogP contribution in [-0.2, 0) is 0 Å². The Labute approximate surface area is 93.7 Å². The molecule has 0 saturated heterocycles. The highest BCUT2D eigenvalue weighted by atomic mass is 35.5. The summed E-state index contributed by atoms with van der Waals surface area (Å²) in [5.74, 6) is -1.38. The number of carbonyl (C=O) groups is 2. The van der Waals surface area contributed by atoms with Gasteiger partial charge in [-0.15, -0.1) is 0 Å². The van der Waals surface area contributed by atoms with Crippen LogP contribution in [0.2, 0.25) is 5.15 Å². The molecule has 0 spiro atoms. The summed E-state index contributed by atoms with van der Waals surface area (Å²) in [6.07, 6.45) is 0. The summed E-state index contributed by atoms with van der Waals surface area (Å²) >= 11 is 5.52. The third-order valence-corrected chi connectivity index (χ3v) is 1.72. The molecule has 0 atom stereocenters. The van der Waals surface area contributed by atoms with Crippen molar-refractivity contribution in [3.8, 4) is 0 Å². The van der Waals surface area contributed by atoms with E-state index in [1.54, 1.807) is 5.32 Å². The number of urea groups is 1. The standard InChI is InChI=1S/C6H6ClN7O2/c7-2-4(9)12-3(8)1(11-2)5(15)13-6(16)14-10/h10H,(H4,8,9,12)(H,13,15,16). The van der Waals surface area contributed by atoms with Crippen LogP contribution in [0.15, 0.2) is 5.11 Å². The maximum Gasteiger partial charge on any atom is 0.365 e. The lowest BCUT2D eigenvalue weighted by Gasteiger charge is -2.04. The van der Waals surface area contributed by atoms with Gasteiger partial charge in [0.2, 0.25) is 0 Å². The average Bonchev–Trinajstić information content (AvgIpc) is 2.23. The molecule has 1 aromatic rings. The van der Waals surface area contributed by atoms with E-state index < -0.39 is 11.9 Å². The molecule has 0 aliphatic rings. The smallest absolute Gasteiger partial charge is 0.365 e. The topological polar surface area (TPSA) is 160 Å². The molecule has 0 fully saturated rings. The van der Waals surface area contributed by atoms with Crippen molar-refractivity contribution in [1.29, 1.82) is 5.53 Å². The summed E-state index contributed by atoms with van der Waals surface area (Å²) in [7, 11) is 0. The van der Waals surface area contributed by atoms with Crippen LogP contribution in [0, 0.1) is 5.53 Å². The Hall–Kier alpha value is -2.29. The van der Waals surface area contributed by atoms with E-state index >= 15 is 0 Å². The monoisotopic (exact) mass is 243 g/mol. The van der Waals surface area contributed by atoms with Crippen molar-refractivity contribution in [3.05, 3.63) is 10.8 Å². The summed E-state index contributed by atoms with van der Waals surface area (Å²) in [4.78, 5) is 29.1. The zero-order valence-electron chi connectivity index (χ0n) is 7.69. The number of hydrogen-bond donors (Lipinski definition) is 4. The van der Waals surface area contributed by atoms with E-state index in [0.717, 1.165) is 0 Å². The molecule has 0 radical (unpaired) electrons. The molecule has 84 valence electrons. The van der Waals surface area contributed by atoms with Gasteiger partial charge in [0.25, 0.3) is 5.91 Å². The SMILES string of the molecule is N=NC(=O)NC(=O)c1nc(Cl)c(N)nc1N. The normalized spacial score (nSPS) is 9.56. The van der Waals surface area contributed by atoms with Crippen molar-refractivity contribution in [2.45, 2.75) is 0 Å². The van der Waals surface area contributed by atoms with Gasteiger partial charge in [-0.3, -0.25) is 10.1 Å². The molecule has 0 aromatic carbocycles. The zero-order chi connectivity index (χ0) is 12.3. The number of amides is 3. The van der Waals surface area contributed by atoms with Crippen LogP contribution in [0.5, 0.6) is 0 Å². The van der Waals surface area contributed by atoms with Gasteiger partial charge >= 0.3 is 6.03 Å². The molecule has 0 bridgehead atoms. The van der Waals surface area contributed by atoms with Crippen LogP contribution < -0.4 is 16.8 Å². The van der Waals surface area contributed by atoms with Crippen molar-refractivity contribution in [3.63, 3.8) is 0 Å². The third-order valence-electron chi connectivity index (χ3n) is 1.44. The first-order valence-electron chi connectivity index (χ1n) is 3.77. The molecular weight excluding hydrogens is 238 g/mol. The second kappa shape index (κ2) is 4.49. The van der Waals surface area contributed by atoms with Gasteiger partial charge in [-0.05, 0) is 0 Å². The number of nitrogen functional groups attached to an aromatic ring is 2. The van der Waals surface area contributed by atoms with E-state index in [1.165, 1.54) is 0 Å². The average molecular weight is 244 g/mol. The van der Waals surface area contributed by atoms with E-state index in [2.05, 4.69) is 15.1 Å². The maximum absolute atomic E-state index is 11.3. The van der Waals surface area contributed by atoms with Gasteiger partial charge in [-0.1, -0.05) is 16.7 Å². The van der Waals surface area contributed by atoms with Crippen molar-refractivity contribution < 1.29 is 9.59 Å². The van der Waals surface area contributed by atoms with Gasteiger partial charge in [0.15, 0.2) is 22.5 Å². The first-order valence-corrected chi connectivity index (χ1v) is 4.14. The second-order valence-corrected chi connectivity index (χ2v) is 2.86. The first-order chi connectivity index (χ1) is 7.45. The summed E-state index contributed by atoms with van der Waals surface area (Å²) < 4.78 is 0. The maximum atomic E-state index is 11.3. The lowest BCUT2D eigenvalue weighted by Crippen LogP contribution is -2.29. The van der Waals surface area contributed by atoms with Crippen LogP contribution >= 0.6 is 11.6 Å². The molecule has 16 heavy (non-hydrogen) atoms. The van der Waals surface area contributed by atoms with Gasteiger partial charge in [-0.2, -0.15) is 5.53 Å². The predicted molar refractivity (Wildman–Crippen MR) is 53.9 cm³/mol. The van der Waals surface area contributed by atoms with Crippen LogP contribution in [0.25, 0.3) is 0 Å². The molecule has 0 aliphatic heterocycles. The fourth-order valence-corrected chi connectivity index (χ4v) is 0.920. The fraction of sp³-hybridized carbons (Fsp3) is 0. The molecule has 0 saturated carbocycles. The number of nitrogens with one attached hydrogen (secondary N) is 2. The number of aromatic nitrogens is 2. The molecule has 1 aromatic heterocycles. The van der Waals surface area contributed by atoms with Crippen molar-refractivity contribution in [1.82, 2.24) is 15.3 Å². The molecular formula is C6H6ClN7O2. The lowest BCUT2D eigenvalue weighted by atomic mass is 10.4. The summed E-state index contributed by atoms with van der Waals surface area (Å²) in [6, 6.07) is -1.15. The molecule has 0 unspecified atom stereocenters. The van der Waals surface area contributed by atoms with Crippen LogP contribution in [0.1, 0.15) is 10.5 Å². The van der Waals surface area contributed by atoms with Gasteiger partial charge < -0.3 is 11.5 Å². The van der Waals surface area contributed by atoms with Crippen molar-refractivity contribution >= 4 is 35.2 Å². The minimum Gasteiger partial charge on any atom is -0.382 e. The number of imide groups is 1. The molecule has 3 amide bonds. The highest BCUT2D eigenvalue weighted by Crippen LogP contribution is 2.17. The summed E-state index contributed by atoms with van der Waals surface area (Å²) in [5, 5.41) is 3.96. The Morgan fingerprint density at radius 1 is 1.31 bits per heavy atom. The Kier molecular flexibility index (Phi) is 3.30. The van der Waals surface area contributed by atoms with Gasteiger partial charge in [-0.25, -0.2) is 14.8 Å². The number of rotatable bonds is 1. The number of nitrogens with two attached hydrogens (primary N) is 2. The predicted octanol–water partition coefficient (Wildman–Crippen LogP) is 0.175. The number of hydrogen-bond acceptors (Lipinski definition) is 7. The Morgan fingerprint density at radius 3 is 2.50 bits per heavy atom. The Morgan fingerprint density at radius 2 is 1.94 bits per heavy atom.